The van der Waals surface area contributed by atoms with Crippen molar-refractivity contribution < 1.29 is 24.4 Å². The maximum absolute atomic E-state index is 13.5. The van der Waals surface area contributed by atoms with Gasteiger partial charge in [0.25, 0.3) is 0 Å². The second-order valence-corrected chi connectivity index (χ2v) is 10.5. The topological polar surface area (TPSA) is 144 Å². The Kier molecular flexibility index (Phi) is 8.85. The molecule has 4 aromatic rings. The highest BCUT2D eigenvalue weighted by Gasteiger charge is 2.30. The molecule has 10 heteroatoms. The zero-order valence-corrected chi connectivity index (χ0v) is 23.3. The molecular formula is C32H33BN4O5. The third-order valence-electron chi connectivity index (χ3n) is 7.66. The fraction of sp³-hybridized carbons (Fsp3) is 0.219. The van der Waals surface area contributed by atoms with E-state index in [-0.39, 0.29) is 25.3 Å². The maximum Gasteiger partial charge on any atom is 0.475 e. The molecule has 0 saturated carbocycles. The first-order valence-corrected chi connectivity index (χ1v) is 13.9. The van der Waals surface area contributed by atoms with Gasteiger partial charge in [-0.15, -0.1) is 0 Å². The van der Waals surface area contributed by atoms with Crippen molar-refractivity contribution in [3.8, 4) is 0 Å². The van der Waals surface area contributed by atoms with E-state index in [4.69, 9.17) is 0 Å². The molecule has 0 bridgehead atoms. The van der Waals surface area contributed by atoms with E-state index in [1.54, 1.807) is 6.20 Å². The van der Waals surface area contributed by atoms with Crippen LogP contribution in [0.2, 0.25) is 0 Å². The van der Waals surface area contributed by atoms with Crippen LogP contribution in [0.1, 0.15) is 29.2 Å². The average molecular weight is 564 g/mol. The zero-order valence-electron chi connectivity index (χ0n) is 23.3. The predicted octanol–water partition coefficient (Wildman–Crippen LogP) is 2.08. The molecule has 3 aromatic carbocycles. The number of hydrogen-bond acceptors (Lipinski definition) is 5. The number of aromatic amines is 1. The fourth-order valence-corrected chi connectivity index (χ4v) is 5.40. The third-order valence-corrected chi connectivity index (χ3v) is 7.66. The van der Waals surface area contributed by atoms with E-state index in [0.717, 1.165) is 38.7 Å². The van der Waals surface area contributed by atoms with E-state index in [0.29, 0.717) is 12.0 Å². The van der Waals surface area contributed by atoms with Gasteiger partial charge in [-0.3, -0.25) is 14.4 Å². The SMILES string of the molecule is CC1=C(C(=O)NCC(=O)NC(Cc2c[nH]c3ccccc23)C(=O)NC(Cc2ccccc2)B(O)O)Cc2ccccc21. The number of nitrogens with one attached hydrogen (secondary N) is 4. The van der Waals surface area contributed by atoms with Crippen molar-refractivity contribution in [1.82, 2.24) is 20.9 Å². The Morgan fingerprint density at radius 2 is 1.62 bits per heavy atom. The number of benzene rings is 3. The van der Waals surface area contributed by atoms with Gasteiger partial charge >= 0.3 is 7.12 Å². The Balaban J connectivity index is 1.28. The van der Waals surface area contributed by atoms with Crippen molar-refractivity contribution >= 4 is 41.3 Å². The Hall–Kier alpha value is -4.67. The molecule has 3 amide bonds. The van der Waals surface area contributed by atoms with Crippen molar-refractivity contribution in [1.29, 1.82) is 0 Å². The lowest BCUT2D eigenvalue weighted by molar-refractivity contribution is -0.129. The van der Waals surface area contributed by atoms with Gasteiger partial charge < -0.3 is 31.0 Å². The van der Waals surface area contributed by atoms with Crippen molar-refractivity contribution in [3.63, 3.8) is 0 Å². The van der Waals surface area contributed by atoms with Crippen molar-refractivity contribution in [2.75, 3.05) is 6.54 Å². The molecule has 6 N–H and O–H groups in total. The number of carbonyl (C=O) groups is 3. The molecule has 214 valence electrons. The summed E-state index contributed by atoms with van der Waals surface area (Å²) in [5, 5.41) is 29.1. The summed E-state index contributed by atoms with van der Waals surface area (Å²) in [5.74, 6) is -2.44. The first-order valence-electron chi connectivity index (χ1n) is 13.9. The van der Waals surface area contributed by atoms with Gasteiger partial charge in [0.1, 0.15) is 6.04 Å². The molecule has 0 fully saturated rings. The highest BCUT2D eigenvalue weighted by Crippen LogP contribution is 2.32. The van der Waals surface area contributed by atoms with Crippen molar-refractivity contribution in [2.24, 2.45) is 0 Å². The summed E-state index contributed by atoms with van der Waals surface area (Å²) >= 11 is 0. The minimum absolute atomic E-state index is 0.148. The van der Waals surface area contributed by atoms with Gasteiger partial charge in [0.05, 0.1) is 12.5 Å². The van der Waals surface area contributed by atoms with Gasteiger partial charge in [-0.25, -0.2) is 0 Å². The maximum atomic E-state index is 13.5. The Morgan fingerprint density at radius 3 is 2.38 bits per heavy atom. The van der Waals surface area contributed by atoms with E-state index in [1.807, 2.05) is 85.8 Å². The van der Waals surface area contributed by atoms with Crippen LogP contribution < -0.4 is 16.0 Å². The summed E-state index contributed by atoms with van der Waals surface area (Å²) in [6, 6.07) is 23.5. The van der Waals surface area contributed by atoms with Crippen LogP contribution in [0.25, 0.3) is 16.5 Å². The van der Waals surface area contributed by atoms with Crippen molar-refractivity contribution in [3.05, 3.63) is 113 Å². The number of rotatable bonds is 11. The first kappa shape index (κ1) is 28.8. The van der Waals surface area contributed by atoms with E-state index >= 15 is 0 Å². The summed E-state index contributed by atoms with van der Waals surface area (Å²) in [6.07, 6.45) is 2.61. The molecule has 0 spiro atoms. The van der Waals surface area contributed by atoms with Crippen LogP contribution >= 0.6 is 0 Å². The first-order chi connectivity index (χ1) is 20.3. The molecule has 1 aliphatic rings. The molecule has 1 heterocycles. The number of H-pyrrole nitrogens is 1. The second kappa shape index (κ2) is 12.9. The number of para-hydroxylation sites is 1. The van der Waals surface area contributed by atoms with Gasteiger partial charge in [-0.05, 0) is 47.2 Å². The molecule has 2 atom stereocenters. The Bertz CT molecular complexity index is 1630. The monoisotopic (exact) mass is 564 g/mol. The summed E-state index contributed by atoms with van der Waals surface area (Å²) in [5.41, 5.74) is 6.09. The van der Waals surface area contributed by atoms with E-state index in [9.17, 15) is 24.4 Å². The van der Waals surface area contributed by atoms with Gasteiger partial charge in [-0.2, -0.15) is 0 Å². The van der Waals surface area contributed by atoms with E-state index in [1.165, 1.54) is 0 Å². The molecule has 0 saturated heterocycles. The molecular weight excluding hydrogens is 531 g/mol. The van der Waals surface area contributed by atoms with Crippen LogP contribution in [0.15, 0.2) is 90.6 Å². The van der Waals surface area contributed by atoms with Crippen LogP contribution in [0, 0.1) is 0 Å². The van der Waals surface area contributed by atoms with Gasteiger partial charge in [0.15, 0.2) is 0 Å². The smallest absolute Gasteiger partial charge is 0.426 e. The molecule has 2 unspecified atom stereocenters. The number of allylic oxidation sites excluding steroid dienone is 1. The van der Waals surface area contributed by atoms with Crippen LogP contribution in [0.4, 0.5) is 0 Å². The van der Waals surface area contributed by atoms with Gasteiger partial charge in [-0.1, -0.05) is 72.8 Å². The summed E-state index contributed by atoms with van der Waals surface area (Å²) in [4.78, 5) is 42.7. The highest BCUT2D eigenvalue weighted by molar-refractivity contribution is 6.43. The largest absolute Gasteiger partial charge is 0.475 e. The Morgan fingerprint density at radius 1 is 0.905 bits per heavy atom. The van der Waals surface area contributed by atoms with Crippen LogP contribution in [-0.4, -0.2) is 58.4 Å². The Labute approximate surface area is 244 Å². The van der Waals surface area contributed by atoms with Crippen LogP contribution in [0.3, 0.4) is 0 Å². The molecule has 0 radical (unpaired) electrons. The molecule has 42 heavy (non-hydrogen) atoms. The molecule has 9 nitrogen and oxygen atoms in total. The zero-order chi connectivity index (χ0) is 29.6. The molecule has 1 aromatic heterocycles. The lowest BCUT2D eigenvalue weighted by Gasteiger charge is -2.23. The molecule has 5 rings (SSSR count). The average Bonchev–Trinajstić information content (AvgIpc) is 3.56. The minimum Gasteiger partial charge on any atom is -0.426 e. The van der Waals surface area contributed by atoms with E-state index < -0.39 is 30.9 Å². The quantitative estimate of drug-likeness (QED) is 0.155. The third kappa shape index (κ3) is 6.62. The van der Waals surface area contributed by atoms with Crippen molar-refractivity contribution in [2.45, 2.75) is 38.2 Å². The van der Waals surface area contributed by atoms with Crippen LogP contribution in [-0.2, 0) is 33.6 Å². The predicted molar refractivity (Wildman–Crippen MR) is 162 cm³/mol. The number of carbonyl (C=O) groups excluding carboxylic acids is 3. The fourth-order valence-electron chi connectivity index (χ4n) is 5.40. The molecule has 0 aliphatic heterocycles. The summed E-state index contributed by atoms with van der Waals surface area (Å²) in [6.45, 7) is 1.57. The minimum atomic E-state index is -1.81. The number of fused-ring (bicyclic) bond motifs is 2. The number of amides is 3. The lowest BCUT2D eigenvalue weighted by Crippen LogP contribution is -2.56. The molecule has 1 aliphatic carbocycles. The standard InChI is InChI=1S/C32H33BN4O5/c1-20-24-12-6-5-11-22(24)16-26(20)31(39)35-19-30(38)36-28(17-23-18-34-27-14-8-7-13-25(23)27)32(40)37-29(33(41)42)15-21-9-3-2-4-10-21/h2-14,18,28-29,34,41-42H,15-17,19H2,1H3,(H,35,39)(H,36,38)(H,37,40). The summed E-state index contributed by atoms with van der Waals surface area (Å²) in [7, 11) is -1.81. The second-order valence-electron chi connectivity index (χ2n) is 10.5. The van der Waals surface area contributed by atoms with Gasteiger partial charge in [0, 0.05) is 35.5 Å². The lowest BCUT2D eigenvalue weighted by atomic mass is 9.75. The highest BCUT2D eigenvalue weighted by atomic mass is 16.4. The van der Waals surface area contributed by atoms with E-state index in [2.05, 4.69) is 20.9 Å². The number of hydrogen-bond donors (Lipinski definition) is 6. The normalized spacial score (nSPS) is 13.8. The summed E-state index contributed by atoms with van der Waals surface area (Å²) < 4.78 is 0. The number of aromatic nitrogens is 1. The van der Waals surface area contributed by atoms with Gasteiger partial charge in [0.2, 0.25) is 17.7 Å². The van der Waals surface area contributed by atoms with Crippen LogP contribution in [0.5, 0.6) is 0 Å².